The molecule has 1 saturated heterocycles. The highest BCUT2D eigenvalue weighted by atomic mass is 32.1. The number of carbonyl (C=O) groups excluding carboxylic acids is 1. The van der Waals surface area contributed by atoms with Crippen LogP contribution in [-0.4, -0.2) is 54.1 Å². The lowest BCUT2D eigenvalue weighted by molar-refractivity contribution is -0.384. The van der Waals surface area contributed by atoms with Crippen molar-refractivity contribution in [2.24, 2.45) is 0 Å². The van der Waals surface area contributed by atoms with Gasteiger partial charge >= 0.3 is 11.7 Å². The van der Waals surface area contributed by atoms with Crippen molar-refractivity contribution in [2.45, 2.75) is 0 Å². The first-order chi connectivity index (χ1) is 11.6. The predicted octanol–water partition coefficient (Wildman–Crippen LogP) is 1.56. The van der Waals surface area contributed by atoms with Crippen LogP contribution in [0.25, 0.3) is 0 Å². The summed E-state index contributed by atoms with van der Waals surface area (Å²) >= 11 is 1.56. The summed E-state index contributed by atoms with van der Waals surface area (Å²) in [4.78, 5) is 34.8. The second-order valence-corrected chi connectivity index (χ2v) is 5.98. The molecular formula is C14H15N5O4S. The van der Waals surface area contributed by atoms with Crippen LogP contribution in [0.2, 0.25) is 0 Å². The quantitative estimate of drug-likeness (QED) is 0.465. The SMILES string of the molecule is COC(=O)c1cnc(N2CCN(c3nccs3)CC2)c([N+](=O)[O-])c1. The van der Waals surface area contributed by atoms with Crippen molar-refractivity contribution in [3.05, 3.63) is 39.5 Å². The Labute approximate surface area is 141 Å². The zero-order valence-corrected chi connectivity index (χ0v) is 13.7. The zero-order chi connectivity index (χ0) is 17.1. The number of esters is 1. The molecule has 0 amide bonds. The Bertz CT molecular complexity index is 744. The molecule has 9 nitrogen and oxygen atoms in total. The summed E-state index contributed by atoms with van der Waals surface area (Å²) in [6.45, 7) is 2.58. The number of anilines is 2. The first-order valence-electron chi connectivity index (χ1n) is 7.22. The summed E-state index contributed by atoms with van der Waals surface area (Å²) < 4.78 is 4.58. The molecule has 0 bridgehead atoms. The number of thiazole rings is 1. The van der Waals surface area contributed by atoms with Crippen molar-refractivity contribution in [2.75, 3.05) is 43.1 Å². The van der Waals surface area contributed by atoms with Crippen molar-refractivity contribution in [1.29, 1.82) is 0 Å². The molecule has 24 heavy (non-hydrogen) atoms. The molecule has 0 atom stereocenters. The molecule has 2 aromatic rings. The number of carbonyl (C=O) groups is 1. The average Bonchev–Trinajstić information content (AvgIpc) is 3.15. The van der Waals surface area contributed by atoms with Gasteiger partial charge < -0.3 is 14.5 Å². The van der Waals surface area contributed by atoms with Crippen LogP contribution in [-0.2, 0) is 4.74 Å². The summed E-state index contributed by atoms with van der Waals surface area (Å²) in [5.74, 6) is -0.378. The molecule has 3 heterocycles. The summed E-state index contributed by atoms with van der Waals surface area (Å²) in [7, 11) is 1.22. The normalized spacial score (nSPS) is 14.5. The standard InChI is InChI=1S/C14H15N5O4S/c1-23-13(20)10-8-11(19(21)22)12(16-9-10)17-3-5-18(6-4-17)14-15-2-7-24-14/h2,7-9H,3-6H2,1H3. The van der Waals surface area contributed by atoms with Crippen molar-refractivity contribution >= 4 is 33.9 Å². The van der Waals surface area contributed by atoms with Crippen LogP contribution in [0, 0.1) is 10.1 Å². The van der Waals surface area contributed by atoms with Gasteiger partial charge in [-0.05, 0) is 0 Å². The van der Waals surface area contributed by atoms with Crippen LogP contribution >= 0.6 is 11.3 Å². The van der Waals surface area contributed by atoms with Crippen LogP contribution < -0.4 is 9.80 Å². The topological polar surface area (TPSA) is 102 Å². The predicted molar refractivity (Wildman–Crippen MR) is 88.8 cm³/mol. The third-order valence-corrected chi connectivity index (χ3v) is 4.57. The van der Waals surface area contributed by atoms with Gasteiger partial charge in [-0.2, -0.15) is 0 Å². The molecule has 1 fully saturated rings. The molecule has 2 aromatic heterocycles. The van der Waals surface area contributed by atoms with Crippen molar-refractivity contribution in [3.63, 3.8) is 0 Å². The molecule has 0 spiro atoms. The maximum absolute atomic E-state index is 11.5. The molecular weight excluding hydrogens is 334 g/mol. The molecule has 0 radical (unpaired) electrons. The van der Waals surface area contributed by atoms with Crippen LogP contribution in [0.15, 0.2) is 23.8 Å². The van der Waals surface area contributed by atoms with Crippen LogP contribution in [0.4, 0.5) is 16.6 Å². The third-order valence-electron chi connectivity index (χ3n) is 3.73. The number of nitrogens with zero attached hydrogens (tertiary/aromatic N) is 5. The number of piperazine rings is 1. The molecule has 0 N–H and O–H groups in total. The second kappa shape index (κ2) is 6.79. The molecule has 10 heteroatoms. The minimum atomic E-state index is -0.647. The zero-order valence-electron chi connectivity index (χ0n) is 12.9. The Hall–Kier alpha value is -2.75. The minimum Gasteiger partial charge on any atom is -0.465 e. The van der Waals surface area contributed by atoms with E-state index in [9.17, 15) is 14.9 Å². The van der Waals surface area contributed by atoms with E-state index in [-0.39, 0.29) is 17.1 Å². The van der Waals surface area contributed by atoms with Gasteiger partial charge in [0, 0.05) is 50.0 Å². The number of rotatable bonds is 4. The fourth-order valence-electron chi connectivity index (χ4n) is 2.54. The maximum atomic E-state index is 11.5. The number of hydrogen-bond acceptors (Lipinski definition) is 9. The van der Waals surface area contributed by atoms with E-state index < -0.39 is 10.9 Å². The highest BCUT2D eigenvalue weighted by Crippen LogP contribution is 2.28. The van der Waals surface area contributed by atoms with E-state index in [1.54, 1.807) is 17.5 Å². The summed E-state index contributed by atoms with van der Waals surface area (Å²) in [5, 5.41) is 14.2. The number of aromatic nitrogens is 2. The van der Waals surface area contributed by atoms with E-state index in [2.05, 4.69) is 19.6 Å². The molecule has 3 rings (SSSR count). The Kier molecular flexibility index (Phi) is 4.56. The first kappa shape index (κ1) is 16.1. The second-order valence-electron chi connectivity index (χ2n) is 5.10. The first-order valence-corrected chi connectivity index (χ1v) is 8.10. The fourth-order valence-corrected chi connectivity index (χ4v) is 3.23. The Balaban J connectivity index is 1.79. The molecule has 1 aliphatic rings. The van der Waals surface area contributed by atoms with Gasteiger partial charge in [-0.15, -0.1) is 11.3 Å². The number of methoxy groups -OCH3 is 1. The minimum absolute atomic E-state index is 0.0642. The summed E-state index contributed by atoms with van der Waals surface area (Å²) in [5.41, 5.74) is -0.130. The van der Waals surface area contributed by atoms with Gasteiger partial charge in [0.25, 0.3) is 0 Å². The molecule has 0 aromatic carbocycles. The van der Waals surface area contributed by atoms with Gasteiger partial charge in [-0.3, -0.25) is 10.1 Å². The van der Waals surface area contributed by atoms with E-state index >= 15 is 0 Å². The Morgan fingerprint density at radius 1 is 1.29 bits per heavy atom. The molecule has 0 unspecified atom stereocenters. The Morgan fingerprint density at radius 3 is 2.58 bits per heavy atom. The van der Waals surface area contributed by atoms with E-state index in [0.717, 1.165) is 5.13 Å². The molecule has 126 valence electrons. The fraction of sp³-hybridized carbons (Fsp3) is 0.357. The number of hydrogen-bond donors (Lipinski definition) is 0. The lowest BCUT2D eigenvalue weighted by Crippen LogP contribution is -2.47. The van der Waals surface area contributed by atoms with Gasteiger partial charge in [-0.1, -0.05) is 0 Å². The van der Waals surface area contributed by atoms with Gasteiger partial charge in [0.15, 0.2) is 5.13 Å². The summed E-state index contributed by atoms with van der Waals surface area (Å²) in [6.07, 6.45) is 3.06. The monoisotopic (exact) mass is 349 g/mol. The number of nitro groups is 1. The summed E-state index contributed by atoms with van der Waals surface area (Å²) in [6, 6.07) is 1.21. The number of ether oxygens (including phenoxy) is 1. The maximum Gasteiger partial charge on any atom is 0.339 e. The van der Waals surface area contributed by atoms with Gasteiger partial charge in [0.2, 0.25) is 5.82 Å². The van der Waals surface area contributed by atoms with E-state index in [1.807, 2.05) is 10.3 Å². The van der Waals surface area contributed by atoms with Gasteiger partial charge in [0.1, 0.15) is 0 Å². The van der Waals surface area contributed by atoms with Crippen molar-refractivity contribution in [3.8, 4) is 0 Å². The van der Waals surface area contributed by atoms with Gasteiger partial charge in [-0.25, -0.2) is 14.8 Å². The van der Waals surface area contributed by atoms with Crippen molar-refractivity contribution in [1.82, 2.24) is 9.97 Å². The highest BCUT2D eigenvalue weighted by molar-refractivity contribution is 7.13. The smallest absolute Gasteiger partial charge is 0.339 e. The average molecular weight is 349 g/mol. The van der Waals surface area contributed by atoms with E-state index in [4.69, 9.17) is 0 Å². The van der Waals surface area contributed by atoms with Crippen molar-refractivity contribution < 1.29 is 14.5 Å². The third kappa shape index (κ3) is 3.13. The van der Waals surface area contributed by atoms with Gasteiger partial charge in [0.05, 0.1) is 17.6 Å². The van der Waals surface area contributed by atoms with E-state index in [0.29, 0.717) is 26.2 Å². The lowest BCUT2D eigenvalue weighted by atomic mass is 10.2. The molecule has 1 aliphatic heterocycles. The lowest BCUT2D eigenvalue weighted by Gasteiger charge is -2.34. The molecule has 0 saturated carbocycles. The van der Waals surface area contributed by atoms with Crippen LogP contribution in [0.5, 0.6) is 0 Å². The molecule has 0 aliphatic carbocycles. The Morgan fingerprint density at radius 2 is 2.00 bits per heavy atom. The number of pyridine rings is 1. The van der Waals surface area contributed by atoms with Crippen LogP contribution in [0.3, 0.4) is 0 Å². The van der Waals surface area contributed by atoms with E-state index in [1.165, 1.54) is 19.4 Å². The highest BCUT2D eigenvalue weighted by Gasteiger charge is 2.27. The van der Waals surface area contributed by atoms with Crippen LogP contribution in [0.1, 0.15) is 10.4 Å². The largest absolute Gasteiger partial charge is 0.465 e.